The predicted molar refractivity (Wildman–Crippen MR) is 85.9 cm³/mol. The van der Waals surface area contributed by atoms with Gasteiger partial charge < -0.3 is 5.32 Å². The summed E-state index contributed by atoms with van der Waals surface area (Å²) in [6.45, 7) is 4.00. The van der Waals surface area contributed by atoms with Crippen LogP contribution in [0.2, 0.25) is 5.15 Å². The third-order valence-electron chi connectivity index (χ3n) is 3.49. The van der Waals surface area contributed by atoms with Crippen LogP contribution in [0.15, 0.2) is 22.7 Å². The Hall–Kier alpha value is -1.13. The van der Waals surface area contributed by atoms with E-state index >= 15 is 0 Å². The molecule has 0 amide bonds. The topological polar surface area (TPSA) is 37.8 Å². The fourth-order valence-corrected chi connectivity index (χ4v) is 2.70. The number of rotatable bonds is 3. The van der Waals surface area contributed by atoms with Crippen LogP contribution in [0.5, 0.6) is 0 Å². The second-order valence-electron chi connectivity index (χ2n) is 5.20. The van der Waals surface area contributed by atoms with Crippen molar-refractivity contribution in [3.63, 3.8) is 0 Å². The van der Waals surface area contributed by atoms with Gasteiger partial charge in [0.2, 0.25) is 0 Å². The van der Waals surface area contributed by atoms with Gasteiger partial charge in [0.1, 0.15) is 16.8 Å². The molecule has 0 unspecified atom stereocenters. The molecular weight excluding hydrogens is 338 g/mol. The lowest BCUT2D eigenvalue weighted by Gasteiger charge is -2.13. The third-order valence-corrected chi connectivity index (χ3v) is 4.35. The first-order valence-electron chi connectivity index (χ1n) is 6.62. The van der Waals surface area contributed by atoms with Gasteiger partial charge in [-0.15, -0.1) is 0 Å². The van der Waals surface area contributed by atoms with E-state index in [0.717, 1.165) is 45.8 Å². The molecule has 5 heteroatoms. The Bertz CT molecular complexity index is 668. The van der Waals surface area contributed by atoms with Crippen LogP contribution in [0.4, 0.5) is 11.5 Å². The van der Waals surface area contributed by atoms with Crippen LogP contribution in [0.3, 0.4) is 0 Å². The van der Waals surface area contributed by atoms with Crippen LogP contribution in [0, 0.1) is 13.8 Å². The number of nitrogens with one attached hydrogen (secondary N) is 1. The van der Waals surface area contributed by atoms with Crippen LogP contribution in [0.1, 0.15) is 35.7 Å². The maximum Gasteiger partial charge on any atom is 0.138 e. The third kappa shape index (κ3) is 2.81. The van der Waals surface area contributed by atoms with Gasteiger partial charge >= 0.3 is 0 Å². The Kier molecular flexibility index (Phi) is 3.69. The zero-order valence-electron chi connectivity index (χ0n) is 11.4. The second-order valence-corrected chi connectivity index (χ2v) is 6.48. The average molecular weight is 353 g/mol. The molecule has 1 saturated carbocycles. The van der Waals surface area contributed by atoms with E-state index in [-0.39, 0.29) is 0 Å². The van der Waals surface area contributed by atoms with Gasteiger partial charge in [-0.25, -0.2) is 9.97 Å². The largest absolute Gasteiger partial charge is 0.340 e. The maximum atomic E-state index is 6.22. The Morgan fingerprint density at radius 1 is 1.25 bits per heavy atom. The summed E-state index contributed by atoms with van der Waals surface area (Å²) in [5.74, 6) is 2.15. The van der Waals surface area contributed by atoms with E-state index in [1.807, 2.05) is 19.1 Å². The molecule has 1 aromatic heterocycles. The molecule has 1 aromatic carbocycles. The molecule has 104 valence electrons. The summed E-state index contributed by atoms with van der Waals surface area (Å²) < 4.78 is 1.07. The summed E-state index contributed by atoms with van der Waals surface area (Å²) >= 11 is 9.70. The summed E-state index contributed by atoms with van der Waals surface area (Å²) in [5.41, 5.74) is 3.08. The highest BCUT2D eigenvalue weighted by Gasteiger charge is 2.28. The van der Waals surface area contributed by atoms with Crippen molar-refractivity contribution < 1.29 is 0 Å². The van der Waals surface area contributed by atoms with Crippen LogP contribution in [-0.4, -0.2) is 9.97 Å². The number of halogens is 2. The van der Waals surface area contributed by atoms with Gasteiger partial charge in [-0.2, -0.15) is 0 Å². The Morgan fingerprint density at radius 3 is 2.65 bits per heavy atom. The Balaban J connectivity index is 1.97. The van der Waals surface area contributed by atoms with E-state index in [0.29, 0.717) is 11.1 Å². The van der Waals surface area contributed by atoms with Crippen molar-refractivity contribution in [2.45, 2.75) is 32.6 Å². The molecule has 1 aliphatic rings. The molecular formula is C15H15BrClN3. The van der Waals surface area contributed by atoms with Crippen molar-refractivity contribution in [2.75, 3.05) is 5.32 Å². The minimum atomic E-state index is 0.486. The lowest BCUT2D eigenvalue weighted by molar-refractivity contribution is 0.921. The van der Waals surface area contributed by atoms with Gasteiger partial charge in [0.05, 0.1) is 0 Å². The van der Waals surface area contributed by atoms with Gasteiger partial charge in [-0.3, -0.25) is 0 Å². The number of hydrogen-bond acceptors (Lipinski definition) is 3. The fourth-order valence-electron chi connectivity index (χ4n) is 2.05. The van der Waals surface area contributed by atoms with Gasteiger partial charge in [-0.1, -0.05) is 27.5 Å². The summed E-state index contributed by atoms with van der Waals surface area (Å²) in [5, 5.41) is 3.92. The highest BCUT2D eigenvalue weighted by Crippen LogP contribution is 2.39. The zero-order valence-corrected chi connectivity index (χ0v) is 13.7. The highest BCUT2D eigenvalue weighted by molar-refractivity contribution is 9.10. The molecule has 2 aromatic rings. The molecule has 1 N–H and O–H groups in total. The summed E-state index contributed by atoms with van der Waals surface area (Å²) in [7, 11) is 0. The molecule has 1 fully saturated rings. The Labute approximate surface area is 131 Å². The smallest absolute Gasteiger partial charge is 0.138 e. The van der Waals surface area contributed by atoms with Crippen molar-refractivity contribution in [2.24, 2.45) is 0 Å². The summed E-state index contributed by atoms with van der Waals surface area (Å²) in [6, 6.07) is 6.11. The van der Waals surface area contributed by atoms with Crippen LogP contribution in [-0.2, 0) is 0 Å². The normalized spacial score (nSPS) is 14.4. The van der Waals surface area contributed by atoms with Crippen LogP contribution < -0.4 is 5.32 Å². The molecule has 0 spiro atoms. The number of nitrogens with zero attached hydrogens (tertiary/aromatic N) is 2. The molecule has 1 aliphatic carbocycles. The number of benzene rings is 1. The van der Waals surface area contributed by atoms with E-state index < -0.39 is 0 Å². The van der Waals surface area contributed by atoms with Gasteiger partial charge in [0.15, 0.2) is 0 Å². The molecule has 3 nitrogen and oxygen atoms in total. The minimum Gasteiger partial charge on any atom is -0.340 e. The quantitative estimate of drug-likeness (QED) is 0.778. The van der Waals surface area contributed by atoms with Gasteiger partial charge in [0, 0.05) is 21.6 Å². The predicted octanol–water partition coefficient (Wildman–Crippen LogP) is 5.13. The highest BCUT2D eigenvalue weighted by atomic mass is 79.9. The SMILES string of the molecule is Cc1cc(Br)ccc1Nc1nc(C2CC2)nc(Cl)c1C. The molecule has 0 saturated heterocycles. The van der Waals surface area contributed by atoms with E-state index in [1.54, 1.807) is 0 Å². The first-order valence-corrected chi connectivity index (χ1v) is 7.79. The molecule has 20 heavy (non-hydrogen) atoms. The molecule has 3 rings (SSSR count). The second kappa shape index (κ2) is 5.34. The molecule has 0 atom stereocenters. The van der Waals surface area contributed by atoms with Crippen molar-refractivity contribution >= 4 is 39.0 Å². The van der Waals surface area contributed by atoms with Crippen LogP contribution >= 0.6 is 27.5 Å². The number of aromatic nitrogens is 2. The van der Waals surface area contributed by atoms with E-state index in [4.69, 9.17) is 11.6 Å². The molecule has 0 bridgehead atoms. The van der Waals surface area contributed by atoms with Crippen molar-refractivity contribution in [3.05, 3.63) is 44.8 Å². The number of anilines is 2. The van der Waals surface area contributed by atoms with Crippen molar-refractivity contribution in [1.82, 2.24) is 9.97 Å². The van der Waals surface area contributed by atoms with E-state index in [2.05, 4.69) is 44.2 Å². The van der Waals surface area contributed by atoms with E-state index in [1.165, 1.54) is 0 Å². The zero-order chi connectivity index (χ0) is 14.3. The lowest BCUT2D eigenvalue weighted by Crippen LogP contribution is -2.03. The lowest BCUT2D eigenvalue weighted by atomic mass is 10.2. The maximum absolute atomic E-state index is 6.22. The van der Waals surface area contributed by atoms with Crippen LogP contribution in [0.25, 0.3) is 0 Å². The standard InChI is InChI=1S/C15H15BrClN3/c1-8-7-11(16)5-6-12(8)18-14-9(2)13(17)19-15(20-14)10-3-4-10/h5-7,10H,3-4H2,1-2H3,(H,18,19,20). The number of aryl methyl sites for hydroxylation is 1. The van der Waals surface area contributed by atoms with Gasteiger partial charge in [-0.05, 0) is 50.5 Å². The first-order chi connectivity index (χ1) is 9.54. The molecule has 0 radical (unpaired) electrons. The molecule has 1 heterocycles. The summed E-state index contributed by atoms with van der Waals surface area (Å²) in [6.07, 6.45) is 2.33. The van der Waals surface area contributed by atoms with Gasteiger partial charge in [0.25, 0.3) is 0 Å². The molecule has 0 aliphatic heterocycles. The fraction of sp³-hybridized carbons (Fsp3) is 0.333. The monoisotopic (exact) mass is 351 g/mol. The first kappa shape index (κ1) is 13.8. The van der Waals surface area contributed by atoms with E-state index in [9.17, 15) is 0 Å². The van der Waals surface area contributed by atoms with Crippen molar-refractivity contribution in [1.29, 1.82) is 0 Å². The summed E-state index contributed by atoms with van der Waals surface area (Å²) in [4.78, 5) is 9.02. The minimum absolute atomic E-state index is 0.486. The number of hydrogen-bond donors (Lipinski definition) is 1. The Morgan fingerprint density at radius 2 is 2.00 bits per heavy atom. The average Bonchev–Trinajstić information content (AvgIpc) is 3.22. The van der Waals surface area contributed by atoms with Crippen molar-refractivity contribution in [3.8, 4) is 0 Å².